The Morgan fingerprint density at radius 1 is 0.970 bits per heavy atom. The van der Waals surface area contributed by atoms with Crippen molar-refractivity contribution in [3.8, 4) is 0 Å². The molecule has 3 heteroatoms. The van der Waals surface area contributed by atoms with Crippen LogP contribution in [0.4, 0.5) is 0 Å². The Morgan fingerprint density at radius 2 is 1.79 bits per heavy atom. The van der Waals surface area contributed by atoms with E-state index in [9.17, 15) is 4.79 Å². The normalized spacial score (nSPS) is 18.8. The van der Waals surface area contributed by atoms with Gasteiger partial charge in [0.25, 0.3) is 0 Å². The van der Waals surface area contributed by atoms with E-state index in [1.54, 1.807) is 11.1 Å². The first kappa shape index (κ1) is 24.1. The highest BCUT2D eigenvalue weighted by atomic mass is 16.5. The first-order chi connectivity index (χ1) is 16.2. The summed E-state index contributed by atoms with van der Waals surface area (Å²) >= 11 is 0. The van der Waals surface area contributed by atoms with Gasteiger partial charge in [0.15, 0.2) is 0 Å². The number of benzene rings is 1. The summed E-state index contributed by atoms with van der Waals surface area (Å²) in [5, 5.41) is 0. The van der Waals surface area contributed by atoms with Crippen molar-refractivity contribution >= 4 is 5.78 Å². The molecule has 1 aliphatic heterocycles. The van der Waals surface area contributed by atoms with Crippen LogP contribution in [0.15, 0.2) is 42.6 Å². The standard InChI is InChI=1S/C20H28O.C10H13NO.2H2/c1-15-10-13-19(16-11-12-16)18(14-15)6-3-2-4-9-20(21)17-7-5-8-17;1-2-6-11-10(3-1)9-4-7-12-8-5-9;;/h10,13-14,16-17H,2-9,11-12H2,1H3;1-3,6,9H,4-5,7-8H2;2*1H. The van der Waals surface area contributed by atoms with E-state index in [2.05, 4.69) is 42.2 Å². The summed E-state index contributed by atoms with van der Waals surface area (Å²) in [6.45, 7) is 3.97. The molecule has 182 valence electrons. The van der Waals surface area contributed by atoms with E-state index in [4.69, 9.17) is 4.74 Å². The predicted octanol–water partition coefficient (Wildman–Crippen LogP) is 7.81. The van der Waals surface area contributed by atoms with Gasteiger partial charge in [-0.2, -0.15) is 0 Å². The second-order valence-corrected chi connectivity index (χ2v) is 10.3. The SMILES string of the molecule is Cc1ccc(C2CC2)c(CCCCCC(=O)C2CCC2)c1.[HH].[HH].c1ccc(C2CCOCC2)nc1. The second kappa shape index (κ2) is 12.5. The molecule has 2 saturated carbocycles. The van der Waals surface area contributed by atoms with Gasteiger partial charge in [-0.05, 0) is 93.9 Å². The Balaban J connectivity index is 0.000000265. The third-order valence-corrected chi connectivity index (χ3v) is 7.57. The molecule has 2 heterocycles. The molecule has 1 aromatic carbocycles. The van der Waals surface area contributed by atoms with Gasteiger partial charge in [-0.15, -0.1) is 0 Å². The van der Waals surface area contributed by atoms with E-state index in [0.717, 1.165) is 57.7 Å². The van der Waals surface area contributed by atoms with Crippen LogP contribution in [0.5, 0.6) is 0 Å². The number of Topliss-reactive ketones (excluding diaryl/α,β-unsaturated/α-hetero) is 1. The number of pyridine rings is 1. The van der Waals surface area contributed by atoms with Gasteiger partial charge in [0.2, 0.25) is 0 Å². The highest BCUT2D eigenvalue weighted by Gasteiger charge is 2.26. The number of nitrogens with zero attached hydrogens (tertiary/aromatic N) is 1. The van der Waals surface area contributed by atoms with Crippen LogP contribution >= 0.6 is 0 Å². The molecule has 3 fully saturated rings. The van der Waals surface area contributed by atoms with Gasteiger partial charge < -0.3 is 4.74 Å². The zero-order valence-electron chi connectivity index (χ0n) is 20.4. The number of hydrogen-bond donors (Lipinski definition) is 0. The van der Waals surface area contributed by atoms with E-state index >= 15 is 0 Å². The first-order valence-electron chi connectivity index (χ1n) is 13.3. The third-order valence-electron chi connectivity index (χ3n) is 7.57. The molecule has 2 aliphatic carbocycles. The van der Waals surface area contributed by atoms with Crippen LogP contribution in [-0.2, 0) is 16.0 Å². The van der Waals surface area contributed by atoms with Crippen molar-refractivity contribution in [3.05, 3.63) is 65.0 Å². The number of unbranched alkanes of at least 4 members (excludes halogenated alkanes) is 2. The van der Waals surface area contributed by atoms with Crippen molar-refractivity contribution in [1.29, 1.82) is 0 Å². The lowest BCUT2D eigenvalue weighted by Crippen LogP contribution is -2.21. The zero-order chi connectivity index (χ0) is 22.9. The van der Waals surface area contributed by atoms with Gasteiger partial charge >= 0.3 is 0 Å². The van der Waals surface area contributed by atoms with Crippen LogP contribution in [0.2, 0.25) is 0 Å². The van der Waals surface area contributed by atoms with Gasteiger partial charge in [-0.3, -0.25) is 9.78 Å². The van der Waals surface area contributed by atoms with Crippen LogP contribution in [-0.4, -0.2) is 24.0 Å². The fourth-order valence-electron chi connectivity index (χ4n) is 5.08. The van der Waals surface area contributed by atoms with Crippen molar-refractivity contribution in [2.75, 3.05) is 13.2 Å². The lowest BCUT2D eigenvalue weighted by molar-refractivity contribution is -0.125. The van der Waals surface area contributed by atoms with E-state index in [-0.39, 0.29) is 2.85 Å². The monoisotopic (exact) mass is 451 g/mol. The summed E-state index contributed by atoms with van der Waals surface area (Å²) in [4.78, 5) is 16.2. The lowest BCUT2D eigenvalue weighted by atomic mass is 9.80. The maximum absolute atomic E-state index is 11.9. The molecule has 0 amide bonds. The van der Waals surface area contributed by atoms with Crippen LogP contribution in [0.25, 0.3) is 0 Å². The minimum atomic E-state index is 0. The maximum atomic E-state index is 11.9. The Hall–Kier alpha value is -2.00. The first-order valence-corrected chi connectivity index (χ1v) is 13.3. The van der Waals surface area contributed by atoms with Crippen LogP contribution in [0.3, 0.4) is 0 Å². The van der Waals surface area contributed by atoms with Crippen molar-refractivity contribution in [1.82, 2.24) is 4.98 Å². The molecule has 1 aromatic heterocycles. The summed E-state index contributed by atoms with van der Waals surface area (Å²) in [5.74, 6) is 2.44. The van der Waals surface area contributed by atoms with Crippen LogP contribution in [0, 0.1) is 12.8 Å². The largest absolute Gasteiger partial charge is 0.381 e. The smallest absolute Gasteiger partial charge is 0.135 e. The molecular formula is C30H45NO2. The molecule has 2 aromatic rings. The minimum absolute atomic E-state index is 0. The number of aryl methyl sites for hydroxylation is 2. The van der Waals surface area contributed by atoms with Crippen molar-refractivity contribution < 1.29 is 12.4 Å². The minimum Gasteiger partial charge on any atom is -0.381 e. The van der Waals surface area contributed by atoms with Crippen LogP contribution < -0.4 is 0 Å². The molecule has 0 unspecified atom stereocenters. The Kier molecular flexibility index (Phi) is 9.11. The molecule has 0 bridgehead atoms. The van der Waals surface area contributed by atoms with E-state index < -0.39 is 0 Å². The molecule has 0 spiro atoms. The third kappa shape index (κ3) is 7.50. The fourth-order valence-corrected chi connectivity index (χ4v) is 5.08. The fraction of sp³-hybridized carbons (Fsp3) is 0.600. The molecular weight excluding hydrogens is 406 g/mol. The number of rotatable bonds is 9. The Morgan fingerprint density at radius 3 is 2.45 bits per heavy atom. The number of ether oxygens (including phenoxy) is 1. The number of hydrogen-bond acceptors (Lipinski definition) is 3. The maximum Gasteiger partial charge on any atom is 0.135 e. The van der Waals surface area contributed by atoms with Gasteiger partial charge in [-0.25, -0.2) is 0 Å². The highest BCUT2D eigenvalue weighted by Crippen LogP contribution is 2.42. The van der Waals surface area contributed by atoms with Gasteiger partial charge in [0.05, 0.1) is 0 Å². The summed E-state index contributed by atoms with van der Waals surface area (Å²) in [5.41, 5.74) is 5.78. The predicted molar refractivity (Wildman–Crippen MR) is 139 cm³/mol. The quantitative estimate of drug-likeness (QED) is 0.365. The zero-order valence-corrected chi connectivity index (χ0v) is 20.4. The number of carbonyl (C=O) groups is 1. The average Bonchev–Trinajstić information content (AvgIpc) is 3.65. The van der Waals surface area contributed by atoms with E-state index in [0.29, 0.717) is 17.6 Å². The summed E-state index contributed by atoms with van der Waals surface area (Å²) < 4.78 is 5.29. The molecule has 33 heavy (non-hydrogen) atoms. The van der Waals surface area contributed by atoms with Crippen molar-refractivity contribution in [3.63, 3.8) is 0 Å². The number of ketones is 1. The molecule has 0 radical (unpaired) electrons. The molecule has 3 aliphatic rings. The van der Waals surface area contributed by atoms with Crippen LogP contribution in [0.1, 0.15) is 108 Å². The molecule has 0 atom stereocenters. The molecule has 3 nitrogen and oxygen atoms in total. The van der Waals surface area contributed by atoms with Crippen molar-refractivity contribution in [2.45, 2.75) is 95.8 Å². The lowest BCUT2D eigenvalue weighted by Gasteiger charge is -2.23. The molecule has 0 N–H and O–H groups in total. The summed E-state index contributed by atoms with van der Waals surface area (Å²) in [6.07, 6.45) is 16.0. The Bertz CT molecular complexity index is 875. The summed E-state index contributed by atoms with van der Waals surface area (Å²) in [6, 6.07) is 13.1. The van der Waals surface area contributed by atoms with Gasteiger partial charge in [0, 0.05) is 46.2 Å². The average molecular weight is 452 g/mol. The number of aromatic nitrogens is 1. The van der Waals surface area contributed by atoms with E-state index in [1.165, 1.54) is 49.8 Å². The van der Waals surface area contributed by atoms with Gasteiger partial charge in [-0.1, -0.05) is 42.7 Å². The second-order valence-electron chi connectivity index (χ2n) is 10.3. The molecule has 1 saturated heterocycles. The van der Waals surface area contributed by atoms with Crippen molar-refractivity contribution in [2.24, 2.45) is 5.92 Å². The highest BCUT2D eigenvalue weighted by molar-refractivity contribution is 5.81. The topological polar surface area (TPSA) is 39.2 Å². The summed E-state index contributed by atoms with van der Waals surface area (Å²) in [7, 11) is 0. The Labute approximate surface area is 203 Å². The number of carbonyl (C=O) groups excluding carboxylic acids is 1. The van der Waals surface area contributed by atoms with E-state index in [1.807, 2.05) is 12.3 Å². The molecule has 5 rings (SSSR count). The van der Waals surface area contributed by atoms with Gasteiger partial charge in [0.1, 0.15) is 5.78 Å².